The number of hydrogen-bond acceptors (Lipinski definition) is 4. The Bertz CT molecular complexity index is 283. The monoisotopic (exact) mass is 212 g/mol. The lowest BCUT2D eigenvalue weighted by Crippen LogP contribution is -2.17. The average Bonchev–Trinajstić information content (AvgIpc) is 2.94. The van der Waals surface area contributed by atoms with Gasteiger partial charge in [-0.25, -0.2) is 4.98 Å². The van der Waals surface area contributed by atoms with E-state index in [4.69, 9.17) is 4.74 Å². The molecule has 4 heteroatoms. The fourth-order valence-electron chi connectivity index (χ4n) is 1.31. The van der Waals surface area contributed by atoms with Gasteiger partial charge in [0.05, 0.1) is 11.6 Å². The Morgan fingerprint density at radius 3 is 3.21 bits per heavy atom. The van der Waals surface area contributed by atoms with Gasteiger partial charge in [-0.15, -0.1) is 11.3 Å². The van der Waals surface area contributed by atoms with Gasteiger partial charge in [0.15, 0.2) is 0 Å². The summed E-state index contributed by atoms with van der Waals surface area (Å²) in [4.78, 5) is 5.76. The number of nitrogens with zero attached hydrogens (tertiary/aromatic N) is 1. The smallest absolute Gasteiger partial charge is 0.0959 e. The molecule has 0 spiro atoms. The fraction of sp³-hybridized carbons (Fsp3) is 0.700. The van der Waals surface area contributed by atoms with Crippen LogP contribution in [0.5, 0.6) is 0 Å². The summed E-state index contributed by atoms with van der Waals surface area (Å²) in [5.74, 6) is 0.785. The molecule has 1 heterocycles. The highest BCUT2D eigenvalue weighted by atomic mass is 32.1. The van der Waals surface area contributed by atoms with Crippen LogP contribution in [-0.4, -0.2) is 25.2 Å². The van der Waals surface area contributed by atoms with Crippen LogP contribution in [0.15, 0.2) is 6.20 Å². The Hall–Kier alpha value is -0.450. The summed E-state index contributed by atoms with van der Waals surface area (Å²) < 4.78 is 4.96. The van der Waals surface area contributed by atoms with E-state index in [9.17, 15) is 0 Å². The highest BCUT2D eigenvalue weighted by Gasteiger charge is 2.26. The number of rotatable bonds is 6. The van der Waals surface area contributed by atoms with E-state index < -0.39 is 0 Å². The predicted octanol–water partition coefficient (Wildman–Crippen LogP) is 1.76. The van der Waals surface area contributed by atoms with Gasteiger partial charge in [0, 0.05) is 37.2 Å². The van der Waals surface area contributed by atoms with Crippen LogP contribution in [0.25, 0.3) is 0 Å². The van der Waals surface area contributed by atoms with E-state index in [1.165, 1.54) is 22.7 Å². The highest BCUT2D eigenvalue weighted by Crippen LogP contribution is 2.41. The first-order chi connectivity index (χ1) is 6.90. The second kappa shape index (κ2) is 4.87. The van der Waals surface area contributed by atoms with Crippen LogP contribution in [0.2, 0.25) is 0 Å². The molecule has 1 saturated carbocycles. The molecule has 1 fully saturated rings. The van der Waals surface area contributed by atoms with Crippen molar-refractivity contribution < 1.29 is 4.74 Å². The van der Waals surface area contributed by atoms with Crippen LogP contribution in [0.3, 0.4) is 0 Å². The third kappa shape index (κ3) is 2.77. The van der Waals surface area contributed by atoms with Crippen LogP contribution in [0.4, 0.5) is 0 Å². The lowest BCUT2D eigenvalue weighted by atomic mass is 10.4. The second-order valence-corrected chi connectivity index (χ2v) is 4.76. The number of methoxy groups -OCH3 is 1. The molecule has 0 aliphatic heterocycles. The van der Waals surface area contributed by atoms with Gasteiger partial charge in [-0.05, 0) is 12.8 Å². The van der Waals surface area contributed by atoms with Crippen molar-refractivity contribution in [2.75, 3.05) is 20.3 Å². The lowest BCUT2D eigenvalue weighted by Gasteiger charge is -2.00. The molecule has 1 aromatic heterocycles. The zero-order valence-corrected chi connectivity index (χ0v) is 9.27. The van der Waals surface area contributed by atoms with Crippen LogP contribution < -0.4 is 5.32 Å². The molecular formula is C10H16N2OS. The molecule has 0 atom stereocenters. The van der Waals surface area contributed by atoms with E-state index >= 15 is 0 Å². The predicted molar refractivity (Wildman–Crippen MR) is 57.7 cm³/mol. The largest absolute Gasteiger partial charge is 0.383 e. The summed E-state index contributed by atoms with van der Waals surface area (Å²) in [5, 5.41) is 4.65. The Morgan fingerprint density at radius 2 is 2.50 bits per heavy atom. The summed E-state index contributed by atoms with van der Waals surface area (Å²) in [6, 6.07) is 0. The Balaban J connectivity index is 1.72. The summed E-state index contributed by atoms with van der Waals surface area (Å²) >= 11 is 1.85. The number of nitrogens with one attached hydrogen (secondary N) is 1. The summed E-state index contributed by atoms with van der Waals surface area (Å²) in [6.07, 6.45) is 4.67. The molecule has 0 saturated heterocycles. The van der Waals surface area contributed by atoms with Crippen molar-refractivity contribution >= 4 is 11.3 Å². The molecular weight excluding hydrogens is 196 g/mol. The molecule has 1 aliphatic rings. The summed E-state index contributed by atoms with van der Waals surface area (Å²) in [7, 11) is 1.72. The maximum Gasteiger partial charge on any atom is 0.0959 e. The minimum atomic E-state index is 0.772. The number of aromatic nitrogens is 1. The van der Waals surface area contributed by atoms with Crippen molar-refractivity contribution in [3.8, 4) is 0 Å². The molecule has 0 bridgehead atoms. The van der Waals surface area contributed by atoms with E-state index in [-0.39, 0.29) is 0 Å². The zero-order valence-electron chi connectivity index (χ0n) is 8.45. The minimum Gasteiger partial charge on any atom is -0.383 e. The van der Waals surface area contributed by atoms with Crippen molar-refractivity contribution in [2.45, 2.75) is 25.3 Å². The van der Waals surface area contributed by atoms with Gasteiger partial charge >= 0.3 is 0 Å². The van der Waals surface area contributed by atoms with E-state index in [1.54, 1.807) is 7.11 Å². The SMILES string of the molecule is COCCNCc1cnc(C2CC2)s1. The van der Waals surface area contributed by atoms with Gasteiger partial charge in [0.25, 0.3) is 0 Å². The summed E-state index contributed by atoms with van der Waals surface area (Å²) in [6.45, 7) is 2.61. The van der Waals surface area contributed by atoms with Gasteiger partial charge in [0.1, 0.15) is 0 Å². The Kier molecular flexibility index (Phi) is 3.50. The third-order valence-electron chi connectivity index (χ3n) is 2.28. The van der Waals surface area contributed by atoms with Crippen molar-refractivity contribution in [2.24, 2.45) is 0 Å². The normalized spacial score (nSPS) is 16.1. The van der Waals surface area contributed by atoms with Gasteiger partial charge in [-0.1, -0.05) is 0 Å². The van der Waals surface area contributed by atoms with Crippen LogP contribution in [0.1, 0.15) is 28.6 Å². The summed E-state index contributed by atoms with van der Waals surface area (Å²) in [5.41, 5.74) is 0. The molecule has 0 aromatic carbocycles. The van der Waals surface area contributed by atoms with Crippen molar-refractivity contribution in [3.63, 3.8) is 0 Å². The van der Waals surface area contributed by atoms with Crippen LogP contribution in [-0.2, 0) is 11.3 Å². The maximum absolute atomic E-state index is 4.96. The average molecular weight is 212 g/mol. The number of thiazole rings is 1. The first kappa shape index (κ1) is 10.1. The van der Waals surface area contributed by atoms with Crippen molar-refractivity contribution in [1.82, 2.24) is 10.3 Å². The van der Waals surface area contributed by atoms with Crippen molar-refractivity contribution in [1.29, 1.82) is 0 Å². The minimum absolute atomic E-state index is 0.772. The zero-order chi connectivity index (χ0) is 9.80. The highest BCUT2D eigenvalue weighted by molar-refractivity contribution is 7.11. The molecule has 0 radical (unpaired) electrons. The van der Waals surface area contributed by atoms with Gasteiger partial charge < -0.3 is 10.1 Å². The molecule has 14 heavy (non-hydrogen) atoms. The van der Waals surface area contributed by atoms with E-state index in [0.717, 1.165) is 25.6 Å². The standard InChI is InChI=1S/C10H16N2OS/c1-13-5-4-11-6-9-7-12-10(14-9)8-2-3-8/h7-8,11H,2-6H2,1H3. The van der Waals surface area contributed by atoms with E-state index in [2.05, 4.69) is 10.3 Å². The molecule has 2 rings (SSSR count). The lowest BCUT2D eigenvalue weighted by molar-refractivity contribution is 0.199. The van der Waals surface area contributed by atoms with Crippen molar-refractivity contribution in [3.05, 3.63) is 16.1 Å². The van der Waals surface area contributed by atoms with Crippen LogP contribution >= 0.6 is 11.3 Å². The molecule has 1 aliphatic carbocycles. The molecule has 78 valence electrons. The second-order valence-electron chi connectivity index (χ2n) is 3.61. The topological polar surface area (TPSA) is 34.1 Å². The first-order valence-corrected chi connectivity index (χ1v) is 5.86. The fourth-order valence-corrected chi connectivity index (χ4v) is 2.37. The van der Waals surface area contributed by atoms with Gasteiger partial charge in [-0.3, -0.25) is 0 Å². The number of ether oxygens (including phenoxy) is 1. The first-order valence-electron chi connectivity index (χ1n) is 5.04. The van der Waals surface area contributed by atoms with Gasteiger partial charge in [-0.2, -0.15) is 0 Å². The Morgan fingerprint density at radius 1 is 1.64 bits per heavy atom. The van der Waals surface area contributed by atoms with E-state index in [0.29, 0.717) is 0 Å². The molecule has 1 aromatic rings. The molecule has 1 N–H and O–H groups in total. The maximum atomic E-state index is 4.96. The number of hydrogen-bond donors (Lipinski definition) is 1. The molecule has 3 nitrogen and oxygen atoms in total. The quantitative estimate of drug-likeness (QED) is 0.730. The molecule has 0 unspecified atom stereocenters. The van der Waals surface area contributed by atoms with Gasteiger partial charge in [0.2, 0.25) is 0 Å². The van der Waals surface area contributed by atoms with E-state index in [1.807, 2.05) is 17.5 Å². The molecule has 0 amide bonds. The third-order valence-corrected chi connectivity index (χ3v) is 3.44. The Labute approximate surface area is 88.5 Å². The van der Waals surface area contributed by atoms with Crippen LogP contribution in [0, 0.1) is 0 Å².